The molecule has 0 amide bonds. The number of benzene rings is 1. The number of aryl methyl sites for hydroxylation is 1. The quantitative estimate of drug-likeness (QED) is 0.720. The summed E-state index contributed by atoms with van der Waals surface area (Å²) in [6.45, 7) is 1.48. The predicted octanol–water partition coefficient (Wildman–Crippen LogP) is 1.63. The molecular formula is C10H13F2NO2. The molecule has 0 fully saturated rings. The Balaban J connectivity index is 3.28. The molecule has 0 aliphatic rings. The first kappa shape index (κ1) is 11.9. The molecule has 0 aromatic heterocycles. The van der Waals surface area contributed by atoms with Crippen molar-refractivity contribution in [3.63, 3.8) is 0 Å². The van der Waals surface area contributed by atoms with E-state index in [1.54, 1.807) is 6.92 Å². The van der Waals surface area contributed by atoms with Crippen molar-refractivity contribution >= 4 is 0 Å². The largest absolute Gasteiger partial charge is 0.507 e. The minimum Gasteiger partial charge on any atom is -0.507 e. The van der Waals surface area contributed by atoms with Crippen molar-refractivity contribution in [3.05, 3.63) is 28.8 Å². The van der Waals surface area contributed by atoms with Gasteiger partial charge >= 0.3 is 0 Å². The van der Waals surface area contributed by atoms with Crippen LogP contribution >= 0.6 is 0 Å². The number of alkyl halides is 2. The second kappa shape index (κ2) is 4.55. The van der Waals surface area contributed by atoms with Gasteiger partial charge in [-0.05, 0) is 19.1 Å². The summed E-state index contributed by atoms with van der Waals surface area (Å²) in [4.78, 5) is 0. The lowest BCUT2D eigenvalue weighted by atomic mass is 10.0. The van der Waals surface area contributed by atoms with Crippen molar-refractivity contribution in [1.82, 2.24) is 0 Å². The van der Waals surface area contributed by atoms with E-state index in [0.29, 0.717) is 5.56 Å². The highest BCUT2D eigenvalue weighted by atomic mass is 19.3. The molecule has 15 heavy (non-hydrogen) atoms. The molecule has 0 bridgehead atoms. The normalized spacial score (nSPS) is 13.2. The van der Waals surface area contributed by atoms with Crippen LogP contribution < -0.4 is 5.73 Å². The summed E-state index contributed by atoms with van der Waals surface area (Å²) in [6, 6.07) is 2.63. The van der Waals surface area contributed by atoms with E-state index in [4.69, 9.17) is 5.73 Å². The molecule has 1 atom stereocenters. The van der Waals surface area contributed by atoms with Gasteiger partial charge in [0.05, 0.1) is 11.7 Å². The van der Waals surface area contributed by atoms with E-state index in [9.17, 15) is 19.0 Å². The van der Waals surface area contributed by atoms with Crippen LogP contribution in [0.3, 0.4) is 0 Å². The van der Waals surface area contributed by atoms with E-state index in [-0.39, 0.29) is 12.1 Å². The molecule has 0 aliphatic carbocycles. The first-order valence-electron chi connectivity index (χ1n) is 4.47. The average Bonchev–Trinajstić information content (AvgIpc) is 2.19. The van der Waals surface area contributed by atoms with Crippen molar-refractivity contribution in [2.45, 2.75) is 19.5 Å². The Morgan fingerprint density at radius 2 is 1.87 bits per heavy atom. The highest BCUT2D eigenvalue weighted by Crippen LogP contribution is 2.35. The van der Waals surface area contributed by atoms with Gasteiger partial charge in [0, 0.05) is 12.1 Å². The number of hydrogen-bond donors (Lipinski definition) is 3. The van der Waals surface area contributed by atoms with Crippen LogP contribution in [0.15, 0.2) is 12.1 Å². The molecular weight excluding hydrogens is 204 g/mol. The van der Waals surface area contributed by atoms with Gasteiger partial charge in [-0.15, -0.1) is 0 Å². The van der Waals surface area contributed by atoms with Crippen LogP contribution in [0.25, 0.3) is 0 Å². The van der Waals surface area contributed by atoms with Gasteiger partial charge in [0.2, 0.25) is 0 Å². The fourth-order valence-corrected chi connectivity index (χ4v) is 1.38. The van der Waals surface area contributed by atoms with Crippen LogP contribution in [0, 0.1) is 6.92 Å². The lowest BCUT2D eigenvalue weighted by Gasteiger charge is -2.14. The van der Waals surface area contributed by atoms with Crippen molar-refractivity contribution < 1.29 is 19.0 Å². The summed E-state index contributed by atoms with van der Waals surface area (Å²) >= 11 is 0. The molecule has 0 spiro atoms. The maximum absolute atomic E-state index is 12.5. The number of aromatic hydroxyl groups is 1. The van der Waals surface area contributed by atoms with Gasteiger partial charge in [-0.2, -0.15) is 0 Å². The van der Waals surface area contributed by atoms with Gasteiger partial charge in [0.25, 0.3) is 6.43 Å². The minimum absolute atomic E-state index is 0.0489. The number of aliphatic hydroxyl groups excluding tert-OH is 1. The third-order valence-electron chi connectivity index (χ3n) is 2.13. The van der Waals surface area contributed by atoms with Crippen LogP contribution in [0.1, 0.15) is 29.2 Å². The van der Waals surface area contributed by atoms with Crippen LogP contribution in [0.4, 0.5) is 8.78 Å². The number of aliphatic hydroxyl groups is 1. The smallest absolute Gasteiger partial charge is 0.267 e. The Bertz CT molecular complexity index is 356. The van der Waals surface area contributed by atoms with E-state index < -0.39 is 23.8 Å². The molecule has 0 saturated heterocycles. The number of halogens is 2. The lowest BCUT2D eigenvalue weighted by Crippen LogP contribution is -2.12. The minimum atomic E-state index is -2.77. The molecule has 0 heterocycles. The Hall–Kier alpha value is -1.20. The second-order valence-corrected chi connectivity index (χ2v) is 3.34. The summed E-state index contributed by atoms with van der Waals surface area (Å²) in [5.74, 6) is -0.575. The zero-order valence-electron chi connectivity index (χ0n) is 8.24. The Morgan fingerprint density at radius 1 is 1.33 bits per heavy atom. The molecule has 5 heteroatoms. The first-order chi connectivity index (χ1) is 6.97. The molecule has 0 saturated carbocycles. The Labute approximate surface area is 86.2 Å². The van der Waals surface area contributed by atoms with Crippen molar-refractivity contribution in [1.29, 1.82) is 0 Å². The standard InChI is InChI=1S/C10H13F2NO2/c1-5-2-6(8(14)4-13)9(15)7(3-5)10(11)12/h2-3,8,10,14-15H,4,13H2,1H3. The molecule has 1 aromatic carbocycles. The van der Waals surface area contributed by atoms with Gasteiger partial charge in [0.15, 0.2) is 0 Å². The zero-order valence-corrected chi connectivity index (χ0v) is 8.24. The monoisotopic (exact) mass is 217 g/mol. The van der Waals surface area contributed by atoms with Crippen molar-refractivity contribution in [3.8, 4) is 5.75 Å². The number of phenols is 1. The van der Waals surface area contributed by atoms with E-state index in [2.05, 4.69) is 0 Å². The van der Waals surface area contributed by atoms with E-state index >= 15 is 0 Å². The van der Waals surface area contributed by atoms with Gasteiger partial charge in [-0.25, -0.2) is 8.78 Å². The maximum atomic E-state index is 12.5. The molecule has 1 rings (SSSR count). The second-order valence-electron chi connectivity index (χ2n) is 3.34. The Kier molecular flexibility index (Phi) is 3.60. The molecule has 4 N–H and O–H groups in total. The number of hydrogen-bond acceptors (Lipinski definition) is 3. The summed E-state index contributed by atoms with van der Waals surface area (Å²) in [7, 11) is 0. The first-order valence-corrected chi connectivity index (χ1v) is 4.47. The highest BCUT2D eigenvalue weighted by Gasteiger charge is 2.19. The van der Waals surface area contributed by atoms with Crippen LogP contribution in [0.5, 0.6) is 5.75 Å². The van der Waals surface area contributed by atoms with E-state index in [1.165, 1.54) is 12.1 Å². The van der Waals surface area contributed by atoms with Gasteiger partial charge < -0.3 is 15.9 Å². The number of phenolic OH excluding ortho intramolecular Hbond substituents is 1. The summed E-state index contributed by atoms with van der Waals surface area (Å²) in [6.07, 6.45) is -3.89. The van der Waals surface area contributed by atoms with Crippen LogP contribution in [-0.2, 0) is 0 Å². The predicted molar refractivity (Wildman–Crippen MR) is 51.8 cm³/mol. The average molecular weight is 217 g/mol. The summed E-state index contributed by atoms with van der Waals surface area (Å²) in [5.41, 5.74) is 5.32. The number of nitrogens with two attached hydrogens (primary N) is 1. The maximum Gasteiger partial charge on any atom is 0.267 e. The fourth-order valence-electron chi connectivity index (χ4n) is 1.38. The molecule has 1 unspecified atom stereocenters. The molecule has 84 valence electrons. The van der Waals surface area contributed by atoms with E-state index in [0.717, 1.165) is 0 Å². The topological polar surface area (TPSA) is 66.5 Å². The summed E-state index contributed by atoms with van der Waals surface area (Å²) < 4.78 is 25.0. The fraction of sp³-hybridized carbons (Fsp3) is 0.400. The SMILES string of the molecule is Cc1cc(C(F)F)c(O)c(C(O)CN)c1. The third kappa shape index (κ3) is 2.43. The molecule has 0 radical (unpaired) electrons. The van der Waals surface area contributed by atoms with Gasteiger partial charge in [0.1, 0.15) is 5.75 Å². The third-order valence-corrected chi connectivity index (χ3v) is 2.13. The van der Waals surface area contributed by atoms with Crippen molar-refractivity contribution in [2.24, 2.45) is 5.73 Å². The Morgan fingerprint density at radius 3 is 2.33 bits per heavy atom. The highest BCUT2D eigenvalue weighted by molar-refractivity contribution is 5.45. The van der Waals surface area contributed by atoms with Crippen LogP contribution in [0.2, 0.25) is 0 Å². The number of rotatable bonds is 3. The van der Waals surface area contributed by atoms with Gasteiger partial charge in [-0.3, -0.25) is 0 Å². The van der Waals surface area contributed by atoms with Crippen molar-refractivity contribution in [2.75, 3.05) is 6.54 Å². The van der Waals surface area contributed by atoms with Crippen LogP contribution in [-0.4, -0.2) is 16.8 Å². The lowest BCUT2D eigenvalue weighted by molar-refractivity contribution is 0.144. The van der Waals surface area contributed by atoms with E-state index in [1.807, 2.05) is 0 Å². The van der Waals surface area contributed by atoms with Gasteiger partial charge in [-0.1, -0.05) is 5.56 Å². The summed E-state index contributed by atoms with van der Waals surface area (Å²) in [5, 5.41) is 18.9. The molecule has 1 aromatic rings. The molecule has 0 aliphatic heterocycles. The molecule has 3 nitrogen and oxygen atoms in total. The zero-order chi connectivity index (χ0) is 11.6.